The fraction of sp³-hybridized carbons (Fsp3) is 0.385. The lowest BCUT2D eigenvalue weighted by molar-refractivity contribution is 0.179. The van der Waals surface area contributed by atoms with Gasteiger partial charge in [-0.3, -0.25) is 5.43 Å². The molecule has 0 unspecified atom stereocenters. The maximum atomic E-state index is 6.14. The molecule has 0 amide bonds. The van der Waals surface area contributed by atoms with Gasteiger partial charge < -0.3 is 10.1 Å². The standard InChI is InChI=1S/C13H16Cl3N3OS/c1-7(6-20-3)17-13(21)19-18-8(2)9-4-5-10(14)12(16)11(9)15/h4-5,7H,6H2,1-3H3,(H2,17,19,21)/b18-8-/t7-/m0/s1. The van der Waals surface area contributed by atoms with E-state index in [1.54, 1.807) is 26.2 Å². The van der Waals surface area contributed by atoms with Crippen molar-refractivity contribution in [2.75, 3.05) is 13.7 Å². The maximum Gasteiger partial charge on any atom is 0.187 e. The highest BCUT2D eigenvalue weighted by Gasteiger charge is 2.11. The predicted octanol–water partition coefficient (Wildman–Crippen LogP) is 3.87. The highest BCUT2D eigenvalue weighted by Crippen LogP contribution is 2.32. The lowest BCUT2D eigenvalue weighted by Crippen LogP contribution is -2.40. The number of hydrogen-bond acceptors (Lipinski definition) is 3. The molecule has 2 N–H and O–H groups in total. The topological polar surface area (TPSA) is 45.6 Å². The van der Waals surface area contributed by atoms with Crippen LogP contribution in [0.1, 0.15) is 19.4 Å². The zero-order valence-corrected chi connectivity index (χ0v) is 14.9. The molecular formula is C13H16Cl3N3OS. The van der Waals surface area contributed by atoms with Crippen LogP contribution in [0.5, 0.6) is 0 Å². The second-order valence-electron chi connectivity index (χ2n) is 4.36. The Hall–Kier alpha value is -0.590. The fourth-order valence-corrected chi connectivity index (χ4v) is 2.47. The average Bonchev–Trinajstić information content (AvgIpc) is 2.42. The first kappa shape index (κ1) is 18.5. The van der Waals surface area contributed by atoms with Crippen molar-refractivity contribution in [3.05, 3.63) is 32.8 Å². The first-order valence-corrected chi connectivity index (χ1v) is 7.64. The van der Waals surface area contributed by atoms with Gasteiger partial charge >= 0.3 is 0 Å². The molecule has 0 saturated heterocycles. The number of benzene rings is 1. The molecule has 1 rings (SSSR count). The number of thiocarbonyl (C=S) groups is 1. The summed E-state index contributed by atoms with van der Waals surface area (Å²) in [5.74, 6) is 0. The van der Waals surface area contributed by atoms with E-state index in [9.17, 15) is 0 Å². The smallest absolute Gasteiger partial charge is 0.187 e. The Morgan fingerprint density at radius 1 is 1.33 bits per heavy atom. The van der Waals surface area contributed by atoms with Gasteiger partial charge in [0.2, 0.25) is 0 Å². The zero-order chi connectivity index (χ0) is 16.0. The van der Waals surface area contributed by atoms with E-state index in [1.807, 2.05) is 6.92 Å². The summed E-state index contributed by atoms with van der Waals surface area (Å²) in [6.45, 7) is 4.28. The predicted molar refractivity (Wildman–Crippen MR) is 93.9 cm³/mol. The van der Waals surface area contributed by atoms with Crippen LogP contribution in [0.2, 0.25) is 15.1 Å². The summed E-state index contributed by atoms with van der Waals surface area (Å²) < 4.78 is 5.01. The normalized spacial score (nSPS) is 13.0. The number of halogens is 3. The number of hydrazone groups is 1. The largest absolute Gasteiger partial charge is 0.383 e. The maximum absolute atomic E-state index is 6.14. The van der Waals surface area contributed by atoms with Gasteiger partial charge in [0.1, 0.15) is 0 Å². The minimum Gasteiger partial charge on any atom is -0.383 e. The molecule has 0 aliphatic carbocycles. The van der Waals surface area contributed by atoms with E-state index in [2.05, 4.69) is 15.8 Å². The van der Waals surface area contributed by atoms with Crippen LogP contribution in [-0.2, 0) is 4.74 Å². The summed E-state index contributed by atoms with van der Waals surface area (Å²) in [7, 11) is 1.63. The molecule has 0 spiro atoms. The van der Waals surface area contributed by atoms with Crippen molar-refractivity contribution < 1.29 is 4.74 Å². The van der Waals surface area contributed by atoms with Gasteiger partial charge in [-0.1, -0.05) is 40.9 Å². The Morgan fingerprint density at radius 3 is 2.62 bits per heavy atom. The Balaban J connectivity index is 2.73. The Morgan fingerprint density at radius 2 is 2.00 bits per heavy atom. The Bertz CT molecular complexity index is 552. The van der Waals surface area contributed by atoms with Crippen LogP contribution in [-0.4, -0.2) is 30.6 Å². The molecule has 0 aliphatic rings. The molecule has 0 aromatic heterocycles. The third kappa shape index (κ3) is 5.60. The van der Waals surface area contributed by atoms with E-state index in [-0.39, 0.29) is 6.04 Å². The van der Waals surface area contributed by atoms with Gasteiger partial charge in [-0.05, 0) is 32.1 Å². The molecule has 1 atom stereocenters. The van der Waals surface area contributed by atoms with E-state index in [0.717, 1.165) is 0 Å². The van der Waals surface area contributed by atoms with E-state index in [1.165, 1.54) is 0 Å². The van der Waals surface area contributed by atoms with Crippen LogP contribution in [0.25, 0.3) is 0 Å². The number of methoxy groups -OCH3 is 1. The molecule has 21 heavy (non-hydrogen) atoms. The summed E-state index contributed by atoms with van der Waals surface area (Å²) in [5, 5.41) is 8.67. The molecule has 116 valence electrons. The minimum atomic E-state index is 0.0825. The summed E-state index contributed by atoms with van der Waals surface area (Å²) in [6, 6.07) is 3.50. The van der Waals surface area contributed by atoms with E-state index in [4.69, 9.17) is 51.8 Å². The van der Waals surface area contributed by atoms with Crippen LogP contribution in [0.15, 0.2) is 17.2 Å². The molecule has 0 bridgehead atoms. The van der Waals surface area contributed by atoms with Gasteiger partial charge in [0.25, 0.3) is 0 Å². The quantitative estimate of drug-likeness (QED) is 0.358. The first-order chi connectivity index (χ1) is 9.86. The van der Waals surface area contributed by atoms with E-state index < -0.39 is 0 Å². The number of nitrogens with one attached hydrogen (secondary N) is 2. The van der Waals surface area contributed by atoms with Crippen molar-refractivity contribution >= 4 is 57.8 Å². The fourth-order valence-electron chi connectivity index (χ4n) is 1.55. The first-order valence-electron chi connectivity index (χ1n) is 6.10. The number of rotatable bonds is 5. The lowest BCUT2D eigenvalue weighted by Gasteiger charge is -2.14. The monoisotopic (exact) mass is 367 g/mol. The highest BCUT2D eigenvalue weighted by atomic mass is 35.5. The van der Waals surface area contributed by atoms with Crippen molar-refractivity contribution in [3.8, 4) is 0 Å². The molecule has 0 heterocycles. The Kier molecular flexibility index (Phi) is 7.70. The van der Waals surface area contributed by atoms with Crippen LogP contribution in [0.4, 0.5) is 0 Å². The van der Waals surface area contributed by atoms with Crippen molar-refractivity contribution in [3.63, 3.8) is 0 Å². The van der Waals surface area contributed by atoms with Crippen molar-refractivity contribution in [2.24, 2.45) is 5.10 Å². The van der Waals surface area contributed by atoms with E-state index in [0.29, 0.717) is 38.1 Å². The molecule has 0 saturated carbocycles. The zero-order valence-electron chi connectivity index (χ0n) is 11.8. The molecule has 4 nitrogen and oxygen atoms in total. The SMILES string of the molecule is COC[C@H](C)NC(=S)N/N=C(/C)c1ccc(Cl)c(Cl)c1Cl. The number of hydrogen-bond donors (Lipinski definition) is 2. The lowest BCUT2D eigenvalue weighted by atomic mass is 10.1. The van der Waals surface area contributed by atoms with Gasteiger partial charge in [0.05, 0.1) is 27.4 Å². The molecule has 1 aromatic rings. The van der Waals surface area contributed by atoms with Crippen LogP contribution >= 0.6 is 47.0 Å². The molecule has 0 radical (unpaired) electrons. The molecule has 0 aliphatic heterocycles. The third-order valence-electron chi connectivity index (χ3n) is 2.54. The minimum absolute atomic E-state index is 0.0825. The second-order valence-corrected chi connectivity index (χ2v) is 5.93. The van der Waals surface area contributed by atoms with Gasteiger partial charge in [-0.15, -0.1) is 0 Å². The molecule has 8 heteroatoms. The van der Waals surface area contributed by atoms with Gasteiger partial charge in [-0.2, -0.15) is 5.10 Å². The summed E-state index contributed by atoms with van der Waals surface area (Å²) in [6.07, 6.45) is 0. The van der Waals surface area contributed by atoms with Crippen LogP contribution in [0.3, 0.4) is 0 Å². The number of nitrogens with zero attached hydrogens (tertiary/aromatic N) is 1. The summed E-state index contributed by atoms with van der Waals surface area (Å²) in [5.41, 5.74) is 4.08. The van der Waals surface area contributed by atoms with Crippen molar-refractivity contribution in [2.45, 2.75) is 19.9 Å². The van der Waals surface area contributed by atoms with Gasteiger partial charge in [0.15, 0.2) is 5.11 Å². The molecular weight excluding hydrogens is 353 g/mol. The number of ether oxygens (including phenoxy) is 1. The highest BCUT2D eigenvalue weighted by molar-refractivity contribution is 7.80. The van der Waals surface area contributed by atoms with Crippen LogP contribution < -0.4 is 10.7 Å². The summed E-state index contributed by atoms with van der Waals surface area (Å²) in [4.78, 5) is 0. The second kappa shape index (κ2) is 8.76. The van der Waals surface area contributed by atoms with Crippen molar-refractivity contribution in [1.82, 2.24) is 10.7 Å². The average molecular weight is 369 g/mol. The summed E-state index contributed by atoms with van der Waals surface area (Å²) >= 11 is 23.2. The van der Waals surface area contributed by atoms with Crippen LogP contribution in [0, 0.1) is 0 Å². The Labute approximate surface area is 144 Å². The van der Waals surface area contributed by atoms with Gasteiger partial charge in [-0.25, -0.2) is 0 Å². The van der Waals surface area contributed by atoms with E-state index >= 15 is 0 Å². The third-order valence-corrected chi connectivity index (χ3v) is 4.05. The molecule has 0 fully saturated rings. The van der Waals surface area contributed by atoms with Gasteiger partial charge in [0, 0.05) is 18.7 Å². The molecule has 1 aromatic carbocycles. The van der Waals surface area contributed by atoms with Crippen molar-refractivity contribution in [1.29, 1.82) is 0 Å².